The molecule has 10 nitrogen and oxygen atoms in total. The number of methoxy groups -OCH3 is 1. The van der Waals surface area contributed by atoms with Crippen molar-refractivity contribution in [1.82, 2.24) is 0 Å². The average molecular weight is 402 g/mol. The van der Waals surface area contributed by atoms with E-state index in [2.05, 4.69) is 0 Å². The van der Waals surface area contributed by atoms with Crippen LogP contribution in [0.4, 0.5) is 0 Å². The first-order chi connectivity index (χ1) is 13.3. The van der Waals surface area contributed by atoms with Crippen LogP contribution in [0.25, 0.3) is 0 Å². The Morgan fingerprint density at radius 2 is 1.93 bits per heavy atom. The highest BCUT2D eigenvalue weighted by Gasteiger charge is 2.51. The van der Waals surface area contributed by atoms with Crippen LogP contribution < -0.4 is 0 Å². The van der Waals surface area contributed by atoms with Crippen molar-refractivity contribution in [3.05, 3.63) is 11.8 Å². The van der Waals surface area contributed by atoms with Gasteiger partial charge in [0, 0.05) is 5.92 Å². The van der Waals surface area contributed by atoms with Crippen molar-refractivity contribution in [2.45, 2.75) is 69.8 Å². The lowest BCUT2D eigenvalue weighted by Crippen LogP contribution is -2.60. The summed E-state index contributed by atoms with van der Waals surface area (Å²) >= 11 is 0. The molecular formula is C18H26O10. The Labute approximate surface area is 162 Å². The lowest BCUT2D eigenvalue weighted by atomic mass is 9.77. The topological polar surface area (TPSA) is 141 Å². The summed E-state index contributed by atoms with van der Waals surface area (Å²) in [7, 11) is 1.23. The molecule has 28 heavy (non-hydrogen) atoms. The minimum absolute atomic E-state index is 0.0494. The van der Waals surface area contributed by atoms with Gasteiger partial charge in [-0.15, -0.1) is 0 Å². The van der Waals surface area contributed by atoms with E-state index in [1.807, 2.05) is 0 Å². The third-order valence-electron chi connectivity index (χ3n) is 5.51. The van der Waals surface area contributed by atoms with Crippen LogP contribution in [0, 0.1) is 11.8 Å². The van der Waals surface area contributed by atoms with Crippen molar-refractivity contribution in [1.29, 1.82) is 0 Å². The maximum Gasteiger partial charge on any atom is 0.337 e. The standard InChI is InChI=1S/C18H26O10/c1-4-10-13(20)14(21)15(22)18(27-10)28-17-12-7(2)26-11(19)5-8(12)9(6-25-17)16(23)24-3/h6-8,10,12-15,17-18,20-22H,4-5H2,1-3H3. The number of aliphatic hydroxyl groups excluding tert-OH is 3. The molecule has 3 aliphatic heterocycles. The van der Waals surface area contributed by atoms with E-state index in [9.17, 15) is 24.9 Å². The van der Waals surface area contributed by atoms with Crippen molar-refractivity contribution in [2.75, 3.05) is 7.11 Å². The number of rotatable bonds is 4. The van der Waals surface area contributed by atoms with E-state index in [4.69, 9.17) is 23.7 Å². The minimum atomic E-state index is -1.51. The highest BCUT2D eigenvalue weighted by molar-refractivity contribution is 5.90. The van der Waals surface area contributed by atoms with Gasteiger partial charge in [0.2, 0.25) is 6.29 Å². The first-order valence-electron chi connectivity index (χ1n) is 9.26. The minimum Gasteiger partial charge on any atom is -0.471 e. The molecular weight excluding hydrogens is 376 g/mol. The quantitative estimate of drug-likeness (QED) is 0.512. The Hall–Kier alpha value is -1.72. The van der Waals surface area contributed by atoms with E-state index in [-0.39, 0.29) is 12.0 Å². The predicted octanol–water partition coefficient (Wildman–Crippen LogP) is -0.798. The van der Waals surface area contributed by atoms with Crippen LogP contribution >= 0.6 is 0 Å². The fraction of sp³-hybridized carbons (Fsp3) is 0.778. The Balaban J connectivity index is 1.82. The molecule has 0 aromatic rings. The molecule has 2 fully saturated rings. The van der Waals surface area contributed by atoms with E-state index >= 15 is 0 Å². The van der Waals surface area contributed by atoms with Crippen LogP contribution in [-0.2, 0) is 33.3 Å². The molecule has 0 aromatic carbocycles. The Kier molecular flexibility index (Phi) is 6.25. The molecule has 3 N–H and O–H groups in total. The number of aliphatic hydroxyl groups is 3. The van der Waals surface area contributed by atoms with E-state index in [1.54, 1.807) is 13.8 Å². The molecule has 10 heteroatoms. The maximum atomic E-state index is 12.1. The second-order valence-corrected chi connectivity index (χ2v) is 7.21. The monoisotopic (exact) mass is 402 g/mol. The molecule has 0 aromatic heterocycles. The third kappa shape index (κ3) is 3.74. The largest absolute Gasteiger partial charge is 0.471 e. The molecule has 0 radical (unpaired) electrons. The van der Waals surface area contributed by atoms with Crippen molar-refractivity contribution >= 4 is 11.9 Å². The molecule has 9 atom stereocenters. The van der Waals surface area contributed by atoms with Crippen molar-refractivity contribution in [3.63, 3.8) is 0 Å². The van der Waals surface area contributed by atoms with Crippen molar-refractivity contribution in [2.24, 2.45) is 11.8 Å². The van der Waals surface area contributed by atoms with Crippen LogP contribution in [0.5, 0.6) is 0 Å². The summed E-state index contributed by atoms with van der Waals surface area (Å²) in [5.74, 6) is -2.19. The first-order valence-corrected chi connectivity index (χ1v) is 9.26. The van der Waals surface area contributed by atoms with Crippen LogP contribution in [-0.4, -0.2) is 77.5 Å². The lowest BCUT2D eigenvalue weighted by Gasteiger charge is -2.45. The van der Waals surface area contributed by atoms with E-state index in [0.717, 1.165) is 0 Å². The van der Waals surface area contributed by atoms with Gasteiger partial charge in [0.25, 0.3) is 0 Å². The molecule has 2 saturated heterocycles. The normalized spacial score (nSPS) is 43.3. The zero-order chi connectivity index (χ0) is 20.6. The summed E-state index contributed by atoms with van der Waals surface area (Å²) in [4.78, 5) is 23.9. The van der Waals surface area contributed by atoms with Gasteiger partial charge in [-0.05, 0) is 13.3 Å². The second-order valence-electron chi connectivity index (χ2n) is 7.21. The van der Waals surface area contributed by atoms with Gasteiger partial charge in [-0.1, -0.05) is 6.92 Å². The molecule has 0 saturated carbocycles. The Morgan fingerprint density at radius 1 is 1.21 bits per heavy atom. The van der Waals surface area contributed by atoms with Crippen LogP contribution in [0.15, 0.2) is 11.8 Å². The molecule has 3 heterocycles. The molecule has 0 aliphatic carbocycles. The molecule has 0 bridgehead atoms. The number of carbonyl (C=O) groups excluding carboxylic acids is 2. The third-order valence-corrected chi connectivity index (χ3v) is 5.51. The van der Waals surface area contributed by atoms with Gasteiger partial charge in [-0.2, -0.15) is 0 Å². The van der Waals surface area contributed by atoms with Crippen molar-refractivity contribution in [3.8, 4) is 0 Å². The number of hydrogen-bond donors (Lipinski definition) is 3. The SMILES string of the molecule is CCC1OC(OC2OC=C(C(=O)OC)C3CC(=O)OC(C)C23)C(O)C(O)C1O. The van der Waals surface area contributed by atoms with Crippen molar-refractivity contribution < 1.29 is 48.6 Å². The molecule has 9 unspecified atom stereocenters. The Bertz CT molecular complexity index is 632. The molecule has 3 aliphatic rings. The summed E-state index contributed by atoms with van der Waals surface area (Å²) in [6.45, 7) is 3.41. The van der Waals surface area contributed by atoms with Gasteiger partial charge < -0.3 is 39.0 Å². The number of ether oxygens (including phenoxy) is 5. The zero-order valence-corrected chi connectivity index (χ0v) is 15.9. The summed E-state index contributed by atoms with van der Waals surface area (Å²) in [5, 5.41) is 30.3. The van der Waals surface area contributed by atoms with E-state index < -0.39 is 66.9 Å². The second kappa shape index (κ2) is 8.34. The van der Waals surface area contributed by atoms with Gasteiger partial charge in [-0.3, -0.25) is 4.79 Å². The molecule has 0 spiro atoms. The number of fused-ring (bicyclic) bond motifs is 1. The number of cyclic esters (lactones) is 1. The van der Waals surface area contributed by atoms with Gasteiger partial charge in [-0.25, -0.2) is 4.79 Å². The summed E-state index contributed by atoms with van der Waals surface area (Å²) in [6.07, 6.45) is -6.34. The lowest BCUT2D eigenvalue weighted by molar-refractivity contribution is -0.343. The highest BCUT2D eigenvalue weighted by Crippen LogP contribution is 2.41. The molecule has 3 rings (SSSR count). The summed E-state index contributed by atoms with van der Waals surface area (Å²) in [6, 6.07) is 0. The maximum absolute atomic E-state index is 12.1. The number of carbonyl (C=O) groups is 2. The smallest absolute Gasteiger partial charge is 0.337 e. The van der Waals surface area contributed by atoms with Crippen LogP contribution in [0.3, 0.4) is 0 Å². The van der Waals surface area contributed by atoms with Gasteiger partial charge in [0.1, 0.15) is 24.4 Å². The van der Waals surface area contributed by atoms with Gasteiger partial charge in [0.05, 0.1) is 37.4 Å². The fourth-order valence-corrected chi connectivity index (χ4v) is 3.96. The summed E-state index contributed by atoms with van der Waals surface area (Å²) < 4.78 is 27.0. The van der Waals surface area contributed by atoms with E-state index in [0.29, 0.717) is 6.42 Å². The van der Waals surface area contributed by atoms with Crippen LogP contribution in [0.1, 0.15) is 26.7 Å². The first kappa shape index (κ1) is 21.0. The van der Waals surface area contributed by atoms with E-state index in [1.165, 1.54) is 13.4 Å². The van der Waals surface area contributed by atoms with Gasteiger partial charge in [0.15, 0.2) is 6.29 Å². The Morgan fingerprint density at radius 3 is 2.57 bits per heavy atom. The molecule has 158 valence electrons. The average Bonchev–Trinajstić information content (AvgIpc) is 2.67. The molecule has 0 amide bonds. The zero-order valence-electron chi connectivity index (χ0n) is 15.9. The number of esters is 2. The van der Waals surface area contributed by atoms with Gasteiger partial charge >= 0.3 is 11.9 Å². The number of hydrogen-bond acceptors (Lipinski definition) is 10. The van der Waals surface area contributed by atoms with Crippen LogP contribution in [0.2, 0.25) is 0 Å². The highest BCUT2D eigenvalue weighted by atomic mass is 16.8. The fourth-order valence-electron chi connectivity index (χ4n) is 3.96. The summed E-state index contributed by atoms with van der Waals surface area (Å²) in [5.41, 5.74) is 0.197. The predicted molar refractivity (Wildman–Crippen MR) is 90.2 cm³/mol.